The molecular weight excluding hydrogens is 447 g/mol. The van der Waals surface area contributed by atoms with Gasteiger partial charge in [-0.05, 0) is 43.5 Å². The summed E-state index contributed by atoms with van der Waals surface area (Å²) in [7, 11) is 3.49. The average Bonchev–Trinajstić information content (AvgIpc) is 3.11. The molecule has 1 amide bonds. The van der Waals surface area contributed by atoms with Crippen LogP contribution in [0.5, 0.6) is 5.75 Å². The van der Waals surface area contributed by atoms with Gasteiger partial charge in [0, 0.05) is 40.5 Å². The van der Waals surface area contributed by atoms with Crippen LogP contribution in [0.2, 0.25) is 10.0 Å². The van der Waals surface area contributed by atoms with Crippen LogP contribution < -0.4 is 4.74 Å². The standard InChI is InChI=1S/C24H26Cl2N4O2/c1-5-18-11-20-22(28-29(3)23(20)14-7-16(25)10-17(26)8-14)21(6-2)30(18)24(31)15-9-19(32-4)13-27-12-15/h7-10,12-13,18,21H,5-6,11H2,1-4H3. The fourth-order valence-corrected chi connectivity index (χ4v) is 5.19. The van der Waals surface area contributed by atoms with Gasteiger partial charge in [-0.15, -0.1) is 0 Å². The van der Waals surface area contributed by atoms with Gasteiger partial charge in [-0.2, -0.15) is 5.10 Å². The average molecular weight is 473 g/mol. The summed E-state index contributed by atoms with van der Waals surface area (Å²) in [5, 5.41) is 6.03. The van der Waals surface area contributed by atoms with E-state index in [1.165, 1.54) is 0 Å². The predicted molar refractivity (Wildman–Crippen MR) is 126 cm³/mol. The summed E-state index contributed by atoms with van der Waals surface area (Å²) in [5.74, 6) is 0.506. The Balaban J connectivity index is 1.81. The maximum Gasteiger partial charge on any atom is 0.256 e. The zero-order valence-electron chi connectivity index (χ0n) is 18.6. The van der Waals surface area contributed by atoms with Crippen molar-refractivity contribution < 1.29 is 9.53 Å². The molecule has 4 rings (SSSR count). The summed E-state index contributed by atoms with van der Waals surface area (Å²) >= 11 is 12.6. The van der Waals surface area contributed by atoms with Crippen LogP contribution in [0.3, 0.4) is 0 Å². The molecule has 0 aliphatic carbocycles. The fourth-order valence-electron chi connectivity index (χ4n) is 4.66. The lowest BCUT2D eigenvalue weighted by molar-refractivity contribution is 0.0512. The highest BCUT2D eigenvalue weighted by atomic mass is 35.5. The first-order valence-electron chi connectivity index (χ1n) is 10.7. The number of aromatic nitrogens is 3. The number of carbonyl (C=O) groups is 1. The molecule has 1 aliphatic heterocycles. The number of fused-ring (bicyclic) bond motifs is 1. The van der Waals surface area contributed by atoms with Gasteiger partial charge < -0.3 is 9.64 Å². The quantitative estimate of drug-likeness (QED) is 0.475. The van der Waals surface area contributed by atoms with E-state index in [0.717, 1.165) is 35.4 Å². The van der Waals surface area contributed by atoms with Crippen molar-refractivity contribution in [3.05, 3.63) is 63.5 Å². The molecule has 0 spiro atoms. The molecule has 8 heteroatoms. The predicted octanol–water partition coefficient (Wildman–Crippen LogP) is 5.73. The molecule has 0 fully saturated rings. The molecule has 2 atom stereocenters. The molecule has 1 aromatic carbocycles. The summed E-state index contributed by atoms with van der Waals surface area (Å²) in [6, 6.07) is 7.17. The maximum absolute atomic E-state index is 13.6. The van der Waals surface area contributed by atoms with Crippen LogP contribution in [0.1, 0.15) is 54.3 Å². The molecule has 168 valence electrons. The van der Waals surface area contributed by atoms with Crippen LogP contribution in [-0.4, -0.2) is 38.7 Å². The topological polar surface area (TPSA) is 60.2 Å². The minimum atomic E-state index is -0.142. The Morgan fingerprint density at radius 3 is 2.47 bits per heavy atom. The van der Waals surface area contributed by atoms with E-state index in [9.17, 15) is 4.79 Å². The molecule has 2 unspecified atom stereocenters. The summed E-state index contributed by atoms with van der Waals surface area (Å²) in [5.41, 5.74) is 4.52. The lowest BCUT2D eigenvalue weighted by Crippen LogP contribution is -2.47. The van der Waals surface area contributed by atoms with Crippen molar-refractivity contribution in [1.82, 2.24) is 19.7 Å². The highest BCUT2D eigenvalue weighted by molar-refractivity contribution is 6.35. The number of halogens is 2. The molecule has 0 bridgehead atoms. The van der Waals surface area contributed by atoms with Crippen molar-refractivity contribution in [3.63, 3.8) is 0 Å². The second-order valence-corrected chi connectivity index (χ2v) is 8.88. The first-order chi connectivity index (χ1) is 15.4. The number of aryl methyl sites for hydroxylation is 1. The molecule has 1 aliphatic rings. The molecule has 3 aromatic rings. The van der Waals surface area contributed by atoms with Crippen LogP contribution in [0, 0.1) is 0 Å². The first kappa shape index (κ1) is 22.6. The lowest BCUT2D eigenvalue weighted by atomic mass is 9.87. The number of amides is 1. The zero-order valence-corrected chi connectivity index (χ0v) is 20.1. The van der Waals surface area contributed by atoms with Crippen LogP contribution in [0.4, 0.5) is 0 Å². The summed E-state index contributed by atoms with van der Waals surface area (Å²) in [6.07, 6.45) is 5.47. The number of carbonyl (C=O) groups excluding carboxylic acids is 1. The fraction of sp³-hybridized carbons (Fsp3) is 0.375. The van der Waals surface area contributed by atoms with E-state index in [1.807, 2.05) is 28.8 Å². The van der Waals surface area contributed by atoms with Gasteiger partial charge in [0.2, 0.25) is 0 Å². The minimum Gasteiger partial charge on any atom is -0.495 e. The first-order valence-corrected chi connectivity index (χ1v) is 11.5. The molecule has 32 heavy (non-hydrogen) atoms. The highest BCUT2D eigenvalue weighted by Crippen LogP contribution is 2.42. The van der Waals surface area contributed by atoms with E-state index < -0.39 is 0 Å². The number of nitrogens with zero attached hydrogens (tertiary/aromatic N) is 4. The van der Waals surface area contributed by atoms with Crippen LogP contribution in [-0.2, 0) is 13.5 Å². The molecule has 6 nitrogen and oxygen atoms in total. The third kappa shape index (κ3) is 3.97. The van der Waals surface area contributed by atoms with Gasteiger partial charge >= 0.3 is 0 Å². The number of pyridine rings is 1. The van der Waals surface area contributed by atoms with Gasteiger partial charge in [0.15, 0.2) is 0 Å². The monoisotopic (exact) mass is 472 g/mol. The third-order valence-corrected chi connectivity index (χ3v) is 6.52. The smallest absolute Gasteiger partial charge is 0.256 e. The van der Waals surface area contributed by atoms with Crippen LogP contribution in [0.25, 0.3) is 11.3 Å². The SMILES string of the molecule is CCC1Cc2c(nn(C)c2-c2cc(Cl)cc(Cl)c2)C(CC)N1C(=O)c1cncc(OC)c1. The Labute approximate surface area is 198 Å². The largest absolute Gasteiger partial charge is 0.495 e. The highest BCUT2D eigenvalue weighted by Gasteiger charge is 2.40. The van der Waals surface area contributed by atoms with Gasteiger partial charge in [-0.25, -0.2) is 0 Å². The minimum absolute atomic E-state index is 0.0313. The number of hydrogen-bond acceptors (Lipinski definition) is 4. The Morgan fingerprint density at radius 1 is 1.12 bits per heavy atom. The number of hydrogen-bond donors (Lipinski definition) is 0. The van der Waals surface area contributed by atoms with Gasteiger partial charge in [-0.1, -0.05) is 37.0 Å². The van der Waals surface area contributed by atoms with E-state index >= 15 is 0 Å². The van der Waals surface area contributed by atoms with Crippen LogP contribution >= 0.6 is 23.2 Å². The van der Waals surface area contributed by atoms with Gasteiger partial charge in [0.1, 0.15) is 5.75 Å². The Hall–Kier alpha value is -2.57. The van der Waals surface area contributed by atoms with Crippen molar-refractivity contribution in [2.45, 2.75) is 45.2 Å². The maximum atomic E-state index is 13.6. The van der Waals surface area contributed by atoms with E-state index in [4.69, 9.17) is 33.0 Å². The van der Waals surface area contributed by atoms with Gasteiger partial charge in [0.25, 0.3) is 5.91 Å². The summed E-state index contributed by atoms with van der Waals surface area (Å²) in [6.45, 7) is 4.19. The molecule has 3 heterocycles. The Kier molecular flexibility index (Phi) is 6.45. The van der Waals surface area contributed by atoms with E-state index in [1.54, 1.807) is 31.6 Å². The van der Waals surface area contributed by atoms with Crippen LogP contribution in [0.15, 0.2) is 36.7 Å². The van der Waals surface area contributed by atoms with Crippen molar-refractivity contribution in [2.24, 2.45) is 7.05 Å². The molecule has 0 N–H and O–H groups in total. The van der Waals surface area contributed by atoms with Crippen molar-refractivity contribution >= 4 is 29.1 Å². The Bertz CT molecular complexity index is 1140. The molecular formula is C24H26Cl2N4O2. The summed E-state index contributed by atoms with van der Waals surface area (Å²) in [4.78, 5) is 19.8. The number of benzene rings is 1. The normalized spacial score (nSPS) is 17.9. The molecule has 0 saturated carbocycles. The van der Waals surface area contributed by atoms with Crippen molar-refractivity contribution in [1.29, 1.82) is 0 Å². The zero-order chi connectivity index (χ0) is 23.0. The molecule has 0 radical (unpaired) electrons. The molecule has 2 aromatic heterocycles. The molecule has 0 saturated heterocycles. The van der Waals surface area contributed by atoms with Crippen molar-refractivity contribution in [2.75, 3.05) is 7.11 Å². The Morgan fingerprint density at radius 2 is 1.84 bits per heavy atom. The number of methoxy groups -OCH3 is 1. The van der Waals surface area contributed by atoms with E-state index in [2.05, 4.69) is 18.8 Å². The number of ether oxygens (including phenoxy) is 1. The second kappa shape index (κ2) is 9.12. The number of rotatable bonds is 5. The summed E-state index contributed by atoms with van der Waals surface area (Å²) < 4.78 is 7.15. The third-order valence-electron chi connectivity index (χ3n) is 6.09. The van der Waals surface area contributed by atoms with E-state index in [-0.39, 0.29) is 18.0 Å². The van der Waals surface area contributed by atoms with E-state index in [0.29, 0.717) is 27.8 Å². The lowest BCUT2D eigenvalue weighted by Gasteiger charge is -2.41. The van der Waals surface area contributed by atoms with Gasteiger partial charge in [0.05, 0.1) is 36.3 Å². The van der Waals surface area contributed by atoms with Gasteiger partial charge in [-0.3, -0.25) is 14.5 Å². The van der Waals surface area contributed by atoms with Crippen molar-refractivity contribution in [3.8, 4) is 17.0 Å². The second-order valence-electron chi connectivity index (χ2n) is 8.01.